The standard InChI is InChI=1S/C29H51N3O6/c1-6-9-11-13-15-17-27(34)36-23-25(38-28(35)18-16-14-12-10-7-2)22-32-21-24(30-31-32)19-20-26(33)29(4,5)37-8-3/h21,25H,6-20,22-23H2,1-5H3. The number of ketones is 1. The number of Topliss-reactive ketones (excluding diaryl/α,β-unsaturated/α-hetero) is 1. The highest BCUT2D eigenvalue weighted by atomic mass is 16.6. The number of ether oxygens (including phenoxy) is 3. The van der Waals surface area contributed by atoms with Gasteiger partial charge in [-0.1, -0.05) is 70.4 Å². The number of aryl methyl sites for hydroxylation is 1. The van der Waals surface area contributed by atoms with Crippen molar-refractivity contribution < 1.29 is 28.6 Å². The number of carbonyl (C=O) groups is 3. The second kappa shape index (κ2) is 19.7. The monoisotopic (exact) mass is 537 g/mol. The summed E-state index contributed by atoms with van der Waals surface area (Å²) in [4.78, 5) is 37.2. The quantitative estimate of drug-likeness (QED) is 0.128. The lowest BCUT2D eigenvalue weighted by molar-refractivity contribution is -0.160. The van der Waals surface area contributed by atoms with E-state index < -0.39 is 11.7 Å². The van der Waals surface area contributed by atoms with Crippen molar-refractivity contribution in [3.8, 4) is 0 Å². The van der Waals surface area contributed by atoms with E-state index in [1.807, 2.05) is 6.92 Å². The summed E-state index contributed by atoms with van der Waals surface area (Å²) in [5.41, 5.74) is -0.170. The number of aromatic nitrogens is 3. The summed E-state index contributed by atoms with van der Waals surface area (Å²) >= 11 is 0. The Balaban J connectivity index is 2.64. The van der Waals surface area contributed by atoms with Gasteiger partial charge >= 0.3 is 11.9 Å². The molecule has 0 N–H and O–H groups in total. The minimum absolute atomic E-state index is 0.00116. The lowest BCUT2D eigenvalue weighted by Gasteiger charge is -2.22. The molecule has 9 nitrogen and oxygen atoms in total. The van der Waals surface area contributed by atoms with Gasteiger partial charge in [0.2, 0.25) is 0 Å². The van der Waals surface area contributed by atoms with E-state index in [0.29, 0.717) is 31.6 Å². The summed E-state index contributed by atoms with van der Waals surface area (Å²) < 4.78 is 18.2. The van der Waals surface area contributed by atoms with Crippen LogP contribution in [0.3, 0.4) is 0 Å². The third-order valence-electron chi connectivity index (χ3n) is 6.46. The highest BCUT2D eigenvalue weighted by Crippen LogP contribution is 2.15. The number of unbranched alkanes of at least 4 members (excludes halogenated alkanes) is 8. The molecule has 9 heteroatoms. The van der Waals surface area contributed by atoms with Crippen molar-refractivity contribution in [2.75, 3.05) is 13.2 Å². The van der Waals surface area contributed by atoms with Crippen molar-refractivity contribution in [3.05, 3.63) is 11.9 Å². The van der Waals surface area contributed by atoms with Gasteiger partial charge in [-0.15, -0.1) is 5.10 Å². The molecule has 38 heavy (non-hydrogen) atoms. The summed E-state index contributed by atoms with van der Waals surface area (Å²) in [5.74, 6) is -0.579. The number of esters is 2. The Morgan fingerprint density at radius 1 is 0.868 bits per heavy atom. The Morgan fingerprint density at radius 2 is 1.47 bits per heavy atom. The Morgan fingerprint density at radius 3 is 2.08 bits per heavy atom. The van der Waals surface area contributed by atoms with Crippen LogP contribution in [-0.4, -0.2) is 57.6 Å². The molecule has 1 heterocycles. The van der Waals surface area contributed by atoms with Crippen molar-refractivity contribution in [2.24, 2.45) is 0 Å². The van der Waals surface area contributed by atoms with Gasteiger partial charge in [0, 0.05) is 38.5 Å². The molecule has 0 aliphatic carbocycles. The minimum Gasteiger partial charge on any atom is -0.462 e. The second-order valence-electron chi connectivity index (χ2n) is 10.4. The molecule has 1 aromatic heterocycles. The highest BCUT2D eigenvalue weighted by molar-refractivity contribution is 5.86. The summed E-state index contributed by atoms with van der Waals surface area (Å²) in [6.45, 7) is 10.4. The normalized spacial score (nSPS) is 12.3. The molecular formula is C29H51N3O6. The Bertz CT molecular complexity index is 808. The van der Waals surface area contributed by atoms with Gasteiger partial charge in [-0.3, -0.25) is 14.4 Å². The molecule has 0 saturated carbocycles. The second-order valence-corrected chi connectivity index (χ2v) is 10.4. The van der Waals surface area contributed by atoms with E-state index in [2.05, 4.69) is 24.2 Å². The molecule has 0 aromatic carbocycles. The molecule has 0 amide bonds. The molecule has 0 aliphatic rings. The fraction of sp³-hybridized carbons (Fsp3) is 0.828. The van der Waals surface area contributed by atoms with Crippen LogP contribution in [0.5, 0.6) is 0 Å². The van der Waals surface area contributed by atoms with E-state index in [4.69, 9.17) is 14.2 Å². The third kappa shape index (κ3) is 15.2. The van der Waals surface area contributed by atoms with Gasteiger partial charge in [-0.2, -0.15) is 0 Å². The maximum atomic E-state index is 12.5. The lowest BCUT2D eigenvalue weighted by atomic mass is 9.98. The maximum Gasteiger partial charge on any atom is 0.306 e. The number of carbonyl (C=O) groups excluding carboxylic acids is 3. The van der Waals surface area contributed by atoms with Crippen molar-refractivity contribution >= 4 is 17.7 Å². The van der Waals surface area contributed by atoms with Crippen LogP contribution in [0, 0.1) is 0 Å². The first-order valence-electron chi connectivity index (χ1n) is 14.6. The van der Waals surface area contributed by atoms with Crippen LogP contribution in [0.1, 0.15) is 124 Å². The van der Waals surface area contributed by atoms with Gasteiger partial charge in [0.15, 0.2) is 11.9 Å². The summed E-state index contributed by atoms with van der Waals surface area (Å²) in [6, 6.07) is 0. The predicted molar refractivity (Wildman–Crippen MR) is 147 cm³/mol. The van der Waals surface area contributed by atoms with Crippen molar-refractivity contribution in [2.45, 2.75) is 143 Å². The molecule has 0 radical (unpaired) electrons. The minimum atomic E-state index is -0.833. The lowest BCUT2D eigenvalue weighted by Crippen LogP contribution is -2.35. The molecule has 218 valence electrons. The smallest absolute Gasteiger partial charge is 0.306 e. The van der Waals surface area contributed by atoms with Crippen LogP contribution in [0.15, 0.2) is 6.20 Å². The highest BCUT2D eigenvalue weighted by Gasteiger charge is 2.27. The zero-order valence-electron chi connectivity index (χ0n) is 24.5. The molecular weight excluding hydrogens is 486 g/mol. The molecule has 1 rings (SSSR count). The molecule has 0 fully saturated rings. The number of rotatable bonds is 23. The number of hydrogen-bond acceptors (Lipinski definition) is 8. The molecule has 0 aliphatic heterocycles. The molecule has 0 spiro atoms. The fourth-order valence-electron chi connectivity index (χ4n) is 4.11. The van der Waals surface area contributed by atoms with Crippen molar-refractivity contribution in [1.29, 1.82) is 0 Å². The zero-order valence-corrected chi connectivity index (χ0v) is 24.5. The van der Waals surface area contributed by atoms with E-state index in [1.165, 1.54) is 6.42 Å². The Kier molecular flexibility index (Phi) is 17.5. The average molecular weight is 538 g/mol. The third-order valence-corrected chi connectivity index (χ3v) is 6.46. The van der Waals surface area contributed by atoms with Gasteiger partial charge in [0.25, 0.3) is 0 Å². The van der Waals surface area contributed by atoms with E-state index in [1.54, 1.807) is 24.7 Å². The number of nitrogens with zero attached hydrogens (tertiary/aromatic N) is 3. The van der Waals surface area contributed by atoms with Crippen LogP contribution >= 0.6 is 0 Å². The summed E-state index contributed by atoms with van der Waals surface area (Å²) in [5, 5.41) is 8.29. The van der Waals surface area contributed by atoms with Crippen LogP contribution < -0.4 is 0 Å². The van der Waals surface area contributed by atoms with E-state index in [9.17, 15) is 14.4 Å². The van der Waals surface area contributed by atoms with E-state index in [0.717, 1.165) is 57.8 Å². The first-order chi connectivity index (χ1) is 18.2. The van der Waals surface area contributed by atoms with Crippen molar-refractivity contribution in [1.82, 2.24) is 15.0 Å². The van der Waals surface area contributed by atoms with Crippen LogP contribution in [0.4, 0.5) is 0 Å². The van der Waals surface area contributed by atoms with E-state index >= 15 is 0 Å². The predicted octanol–water partition coefficient (Wildman–Crippen LogP) is 5.77. The zero-order chi connectivity index (χ0) is 28.2. The SMILES string of the molecule is CCCCCCCC(=O)OCC(Cn1cc(CCC(=O)C(C)(C)OCC)nn1)OC(=O)CCCCCCC. The molecule has 1 atom stereocenters. The van der Waals surface area contributed by atoms with Crippen LogP contribution in [-0.2, 0) is 41.6 Å². The molecule has 0 saturated heterocycles. The average Bonchev–Trinajstić information content (AvgIpc) is 3.32. The van der Waals surface area contributed by atoms with Gasteiger partial charge < -0.3 is 14.2 Å². The molecule has 1 unspecified atom stereocenters. The fourth-order valence-corrected chi connectivity index (χ4v) is 4.11. The van der Waals surface area contributed by atoms with Gasteiger partial charge in [0.05, 0.1) is 12.2 Å². The first kappa shape index (κ1) is 33.7. The van der Waals surface area contributed by atoms with Gasteiger partial charge in [-0.05, 0) is 33.6 Å². The summed E-state index contributed by atoms with van der Waals surface area (Å²) in [7, 11) is 0. The Labute approximate surface area is 229 Å². The topological polar surface area (TPSA) is 110 Å². The van der Waals surface area contributed by atoms with Gasteiger partial charge in [-0.25, -0.2) is 4.68 Å². The Hall–Kier alpha value is -2.29. The number of hydrogen-bond donors (Lipinski definition) is 0. The van der Waals surface area contributed by atoms with Crippen LogP contribution in [0.25, 0.3) is 0 Å². The largest absolute Gasteiger partial charge is 0.462 e. The summed E-state index contributed by atoms with van der Waals surface area (Å²) in [6.07, 6.45) is 12.9. The maximum absolute atomic E-state index is 12.5. The van der Waals surface area contributed by atoms with Crippen LogP contribution in [0.2, 0.25) is 0 Å². The van der Waals surface area contributed by atoms with E-state index in [-0.39, 0.29) is 37.3 Å². The molecule has 0 bridgehead atoms. The van der Waals surface area contributed by atoms with Crippen molar-refractivity contribution in [3.63, 3.8) is 0 Å². The van der Waals surface area contributed by atoms with Gasteiger partial charge in [0.1, 0.15) is 12.2 Å². The first-order valence-corrected chi connectivity index (χ1v) is 14.6. The molecule has 1 aromatic rings.